The molecule has 0 atom stereocenters. The van der Waals surface area contributed by atoms with Gasteiger partial charge in [-0.05, 0) is 50.9 Å². The van der Waals surface area contributed by atoms with Gasteiger partial charge in [0.1, 0.15) is 0 Å². The predicted molar refractivity (Wildman–Crippen MR) is 93.5 cm³/mol. The standard InChI is InChI=1S/C19H34N2/c1-5-7-8-14-21(17(3)4)16-19-11-9-18(10-12-19)15-20-13-6-2/h9-12,17,20H,5-8,13-16H2,1-4H3. The van der Waals surface area contributed by atoms with Crippen LogP contribution in [0.1, 0.15) is 64.5 Å². The highest BCUT2D eigenvalue weighted by atomic mass is 15.1. The lowest BCUT2D eigenvalue weighted by Gasteiger charge is -2.26. The van der Waals surface area contributed by atoms with Crippen molar-refractivity contribution in [1.29, 1.82) is 0 Å². The second-order valence-corrected chi connectivity index (χ2v) is 6.26. The molecule has 0 aromatic heterocycles. The zero-order valence-electron chi connectivity index (χ0n) is 14.5. The van der Waals surface area contributed by atoms with Crippen LogP contribution in [0.4, 0.5) is 0 Å². The van der Waals surface area contributed by atoms with Gasteiger partial charge in [-0.2, -0.15) is 0 Å². The predicted octanol–water partition coefficient (Wildman–Crippen LogP) is 4.59. The molecule has 0 spiro atoms. The average Bonchev–Trinajstić information content (AvgIpc) is 2.48. The Morgan fingerprint density at radius 1 is 0.952 bits per heavy atom. The van der Waals surface area contributed by atoms with Gasteiger partial charge in [0.2, 0.25) is 0 Å². The summed E-state index contributed by atoms with van der Waals surface area (Å²) in [6, 6.07) is 9.73. The van der Waals surface area contributed by atoms with E-state index in [0.29, 0.717) is 6.04 Å². The lowest BCUT2D eigenvalue weighted by Crippen LogP contribution is -2.31. The summed E-state index contributed by atoms with van der Waals surface area (Å²) in [5, 5.41) is 3.45. The van der Waals surface area contributed by atoms with Crippen LogP contribution in [-0.2, 0) is 13.1 Å². The Morgan fingerprint density at radius 2 is 1.62 bits per heavy atom. The number of hydrogen-bond donors (Lipinski definition) is 1. The number of nitrogens with zero attached hydrogens (tertiary/aromatic N) is 1. The molecule has 1 aromatic rings. The maximum absolute atomic E-state index is 3.45. The number of benzene rings is 1. The molecule has 0 saturated heterocycles. The van der Waals surface area contributed by atoms with Crippen LogP contribution in [0.2, 0.25) is 0 Å². The van der Waals surface area contributed by atoms with Crippen LogP contribution < -0.4 is 5.32 Å². The molecule has 0 saturated carbocycles. The quantitative estimate of drug-likeness (QED) is 0.600. The molecular weight excluding hydrogens is 256 g/mol. The molecule has 2 nitrogen and oxygen atoms in total. The van der Waals surface area contributed by atoms with E-state index in [1.807, 2.05) is 0 Å². The summed E-state index contributed by atoms with van der Waals surface area (Å²) in [6.45, 7) is 13.4. The lowest BCUT2D eigenvalue weighted by atomic mass is 10.1. The van der Waals surface area contributed by atoms with E-state index in [4.69, 9.17) is 0 Å². The Kier molecular flexibility index (Phi) is 9.36. The van der Waals surface area contributed by atoms with Crippen LogP contribution >= 0.6 is 0 Å². The van der Waals surface area contributed by atoms with Crippen molar-refractivity contribution in [2.75, 3.05) is 13.1 Å². The maximum Gasteiger partial charge on any atom is 0.0236 e. The topological polar surface area (TPSA) is 15.3 Å². The van der Waals surface area contributed by atoms with Gasteiger partial charge in [-0.15, -0.1) is 0 Å². The number of rotatable bonds is 11. The Morgan fingerprint density at radius 3 is 2.19 bits per heavy atom. The summed E-state index contributed by atoms with van der Waals surface area (Å²) in [6.07, 6.45) is 5.14. The van der Waals surface area contributed by atoms with Crippen LogP contribution in [0.15, 0.2) is 24.3 Å². The normalized spacial score (nSPS) is 11.5. The molecular formula is C19H34N2. The summed E-state index contributed by atoms with van der Waals surface area (Å²) >= 11 is 0. The highest BCUT2D eigenvalue weighted by molar-refractivity contribution is 5.22. The first-order valence-electron chi connectivity index (χ1n) is 8.70. The van der Waals surface area contributed by atoms with Crippen LogP contribution in [0.3, 0.4) is 0 Å². The Bertz CT molecular complexity index is 356. The van der Waals surface area contributed by atoms with E-state index < -0.39 is 0 Å². The van der Waals surface area contributed by atoms with Gasteiger partial charge in [0.25, 0.3) is 0 Å². The molecule has 0 aliphatic heterocycles. The first-order valence-corrected chi connectivity index (χ1v) is 8.70. The molecule has 21 heavy (non-hydrogen) atoms. The van der Waals surface area contributed by atoms with Crippen LogP contribution in [0.25, 0.3) is 0 Å². The van der Waals surface area contributed by atoms with Crippen molar-refractivity contribution in [2.45, 2.75) is 72.5 Å². The molecule has 0 radical (unpaired) electrons. The number of unbranched alkanes of at least 4 members (excludes halogenated alkanes) is 2. The van der Waals surface area contributed by atoms with Crippen molar-refractivity contribution in [2.24, 2.45) is 0 Å². The Balaban J connectivity index is 2.47. The van der Waals surface area contributed by atoms with E-state index in [1.54, 1.807) is 0 Å². The van der Waals surface area contributed by atoms with Gasteiger partial charge < -0.3 is 5.32 Å². The van der Waals surface area contributed by atoms with E-state index in [2.05, 4.69) is 62.2 Å². The van der Waals surface area contributed by atoms with E-state index >= 15 is 0 Å². The van der Waals surface area contributed by atoms with Crippen molar-refractivity contribution < 1.29 is 0 Å². The van der Waals surface area contributed by atoms with Gasteiger partial charge >= 0.3 is 0 Å². The smallest absolute Gasteiger partial charge is 0.0236 e. The monoisotopic (exact) mass is 290 g/mol. The summed E-state index contributed by atoms with van der Waals surface area (Å²) in [5.74, 6) is 0. The van der Waals surface area contributed by atoms with Crippen LogP contribution in [-0.4, -0.2) is 24.0 Å². The van der Waals surface area contributed by atoms with Crippen LogP contribution in [0.5, 0.6) is 0 Å². The third-order valence-electron chi connectivity index (χ3n) is 3.94. The molecule has 0 aliphatic rings. The fourth-order valence-electron chi connectivity index (χ4n) is 2.49. The highest BCUT2D eigenvalue weighted by Gasteiger charge is 2.09. The molecule has 0 unspecified atom stereocenters. The molecule has 0 amide bonds. The third kappa shape index (κ3) is 7.63. The molecule has 1 aromatic carbocycles. The number of hydrogen-bond acceptors (Lipinski definition) is 2. The van der Waals surface area contributed by atoms with Crippen LogP contribution in [0, 0.1) is 0 Å². The third-order valence-corrected chi connectivity index (χ3v) is 3.94. The van der Waals surface area contributed by atoms with E-state index in [9.17, 15) is 0 Å². The summed E-state index contributed by atoms with van der Waals surface area (Å²) in [4.78, 5) is 2.58. The molecule has 120 valence electrons. The molecule has 0 bridgehead atoms. The highest BCUT2D eigenvalue weighted by Crippen LogP contribution is 2.11. The van der Waals surface area contributed by atoms with Gasteiger partial charge in [-0.3, -0.25) is 4.90 Å². The van der Waals surface area contributed by atoms with Gasteiger partial charge in [-0.25, -0.2) is 0 Å². The van der Waals surface area contributed by atoms with Gasteiger partial charge in [0.15, 0.2) is 0 Å². The summed E-state index contributed by atoms with van der Waals surface area (Å²) < 4.78 is 0. The SMILES string of the molecule is CCCCCN(Cc1ccc(CNCCC)cc1)C(C)C. The average molecular weight is 290 g/mol. The maximum atomic E-state index is 3.45. The van der Waals surface area contributed by atoms with Gasteiger partial charge in [0, 0.05) is 19.1 Å². The molecule has 0 aliphatic carbocycles. The zero-order chi connectivity index (χ0) is 15.5. The minimum absolute atomic E-state index is 0.618. The minimum atomic E-state index is 0.618. The zero-order valence-corrected chi connectivity index (χ0v) is 14.5. The Hall–Kier alpha value is -0.860. The van der Waals surface area contributed by atoms with E-state index in [0.717, 1.165) is 19.6 Å². The molecule has 2 heteroatoms. The molecule has 0 heterocycles. The second kappa shape index (κ2) is 10.8. The first kappa shape index (κ1) is 18.2. The fourth-order valence-corrected chi connectivity index (χ4v) is 2.49. The summed E-state index contributed by atoms with van der Waals surface area (Å²) in [5.41, 5.74) is 2.81. The molecule has 1 N–H and O–H groups in total. The largest absolute Gasteiger partial charge is 0.313 e. The molecule has 1 rings (SSSR count). The lowest BCUT2D eigenvalue weighted by molar-refractivity contribution is 0.208. The van der Waals surface area contributed by atoms with Gasteiger partial charge in [0.05, 0.1) is 0 Å². The van der Waals surface area contributed by atoms with E-state index in [-0.39, 0.29) is 0 Å². The second-order valence-electron chi connectivity index (χ2n) is 6.26. The summed E-state index contributed by atoms with van der Waals surface area (Å²) in [7, 11) is 0. The fraction of sp³-hybridized carbons (Fsp3) is 0.684. The van der Waals surface area contributed by atoms with Crippen molar-refractivity contribution in [3.8, 4) is 0 Å². The van der Waals surface area contributed by atoms with Gasteiger partial charge in [-0.1, -0.05) is 51.0 Å². The minimum Gasteiger partial charge on any atom is -0.313 e. The van der Waals surface area contributed by atoms with Crippen molar-refractivity contribution in [3.63, 3.8) is 0 Å². The Labute approximate surface area is 131 Å². The van der Waals surface area contributed by atoms with Crippen molar-refractivity contribution >= 4 is 0 Å². The van der Waals surface area contributed by atoms with Crippen molar-refractivity contribution in [1.82, 2.24) is 10.2 Å². The molecule has 0 fully saturated rings. The van der Waals surface area contributed by atoms with E-state index in [1.165, 1.54) is 43.4 Å². The number of nitrogens with one attached hydrogen (secondary N) is 1. The first-order chi connectivity index (χ1) is 10.2. The van der Waals surface area contributed by atoms with Crippen molar-refractivity contribution in [3.05, 3.63) is 35.4 Å².